The molecule has 0 aliphatic heterocycles. The Kier molecular flexibility index (Phi) is 5.48. The van der Waals surface area contributed by atoms with Crippen molar-refractivity contribution in [2.24, 2.45) is 0 Å². The van der Waals surface area contributed by atoms with Crippen molar-refractivity contribution in [3.8, 4) is 34.4 Å². The third kappa shape index (κ3) is 3.88. The fourth-order valence-corrected chi connectivity index (χ4v) is 7.01. The van der Waals surface area contributed by atoms with Crippen LogP contribution in [0.3, 0.4) is 0 Å². The van der Waals surface area contributed by atoms with Crippen LogP contribution in [0.25, 0.3) is 83.8 Å². The Bertz CT molecular complexity index is 2680. The monoisotopic (exact) mass is 602 g/mol. The molecule has 0 radical (unpaired) electrons. The van der Waals surface area contributed by atoms with E-state index in [1.165, 1.54) is 21.8 Å². The molecule has 0 amide bonds. The number of hydrogen-bond donors (Lipinski definition) is 0. The number of rotatable bonds is 4. The fourth-order valence-electron chi connectivity index (χ4n) is 7.01. The van der Waals surface area contributed by atoms with E-state index < -0.39 is 0 Å². The minimum Gasteiger partial charge on any atom is -0.309 e. The lowest BCUT2D eigenvalue weighted by molar-refractivity contribution is 0.947. The summed E-state index contributed by atoms with van der Waals surface area (Å²) in [5, 5.41) is 3.63. The summed E-state index contributed by atoms with van der Waals surface area (Å²) in [6, 6.07) is 54.9. The van der Waals surface area contributed by atoms with Gasteiger partial charge >= 0.3 is 0 Å². The van der Waals surface area contributed by atoms with Gasteiger partial charge in [-0.2, -0.15) is 9.97 Å². The van der Waals surface area contributed by atoms with Crippen LogP contribution in [-0.4, -0.2) is 28.5 Å². The SMILES string of the molecule is c1ccc(-c2nc(-c3ccccc3)nc(-n3c4ccc(-n5c6ccccc6c6ccccc65)cc4n4c5ccccc5cc34)n2)cc1. The van der Waals surface area contributed by atoms with Gasteiger partial charge in [0.25, 0.3) is 0 Å². The Hall–Kier alpha value is -6.53. The highest BCUT2D eigenvalue weighted by atomic mass is 15.2. The van der Waals surface area contributed by atoms with Gasteiger partial charge in [-0.05, 0) is 42.5 Å². The van der Waals surface area contributed by atoms with Gasteiger partial charge in [0.1, 0.15) is 5.65 Å². The molecular formula is C41H26N6. The highest BCUT2D eigenvalue weighted by molar-refractivity contribution is 6.09. The van der Waals surface area contributed by atoms with Gasteiger partial charge in [-0.15, -0.1) is 0 Å². The second-order valence-corrected chi connectivity index (χ2v) is 11.8. The maximum absolute atomic E-state index is 5.12. The summed E-state index contributed by atoms with van der Waals surface area (Å²) in [5.41, 5.74) is 9.54. The van der Waals surface area contributed by atoms with Crippen molar-refractivity contribution in [1.82, 2.24) is 28.5 Å². The number of nitrogens with zero attached hydrogens (tertiary/aromatic N) is 6. The second-order valence-electron chi connectivity index (χ2n) is 11.8. The van der Waals surface area contributed by atoms with E-state index >= 15 is 0 Å². The number of benzene rings is 6. The summed E-state index contributed by atoms with van der Waals surface area (Å²) in [5.74, 6) is 1.84. The Labute approximate surface area is 269 Å². The minimum atomic E-state index is 0.574. The molecule has 4 heterocycles. The normalized spacial score (nSPS) is 11.8. The number of fused-ring (bicyclic) bond motifs is 8. The zero-order valence-corrected chi connectivity index (χ0v) is 25.2. The molecule has 0 spiro atoms. The number of para-hydroxylation sites is 3. The molecule has 0 fully saturated rings. The molecule has 0 atom stereocenters. The van der Waals surface area contributed by atoms with Crippen LogP contribution in [0.1, 0.15) is 0 Å². The first-order chi connectivity index (χ1) is 23.3. The maximum Gasteiger partial charge on any atom is 0.240 e. The van der Waals surface area contributed by atoms with Crippen molar-refractivity contribution in [1.29, 1.82) is 0 Å². The molecule has 6 nitrogen and oxygen atoms in total. The molecule has 0 aliphatic carbocycles. The summed E-state index contributed by atoms with van der Waals surface area (Å²) in [6.45, 7) is 0. The fraction of sp³-hybridized carbons (Fsp3) is 0. The number of aromatic nitrogens is 6. The van der Waals surface area contributed by atoms with Crippen molar-refractivity contribution in [3.63, 3.8) is 0 Å². The van der Waals surface area contributed by atoms with Crippen LogP contribution in [0, 0.1) is 0 Å². The van der Waals surface area contributed by atoms with Crippen LogP contribution < -0.4 is 0 Å². The van der Waals surface area contributed by atoms with E-state index in [1.807, 2.05) is 60.7 Å². The lowest BCUT2D eigenvalue weighted by Crippen LogP contribution is -2.06. The lowest BCUT2D eigenvalue weighted by atomic mass is 10.2. The quantitative estimate of drug-likeness (QED) is 0.202. The molecule has 0 saturated carbocycles. The number of hydrogen-bond acceptors (Lipinski definition) is 3. The molecule has 220 valence electrons. The van der Waals surface area contributed by atoms with E-state index in [2.05, 4.69) is 111 Å². The van der Waals surface area contributed by atoms with E-state index in [0.717, 1.165) is 44.4 Å². The van der Waals surface area contributed by atoms with Gasteiger partial charge in [0.15, 0.2) is 11.6 Å². The summed E-state index contributed by atoms with van der Waals surface area (Å²) in [6.07, 6.45) is 0. The maximum atomic E-state index is 5.12. The van der Waals surface area contributed by atoms with Gasteiger partial charge in [0, 0.05) is 33.0 Å². The first-order valence-corrected chi connectivity index (χ1v) is 15.7. The molecule has 6 aromatic carbocycles. The van der Waals surface area contributed by atoms with Crippen LogP contribution in [0.2, 0.25) is 0 Å². The highest BCUT2D eigenvalue weighted by Gasteiger charge is 2.21. The van der Waals surface area contributed by atoms with Gasteiger partial charge in [-0.1, -0.05) is 115 Å². The molecular weight excluding hydrogens is 576 g/mol. The second kappa shape index (κ2) is 9.99. The third-order valence-electron chi connectivity index (χ3n) is 9.09. The molecule has 0 saturated heterocycles. The van der Waals surface area contributed by atoms with Gasteiger partial charge < -0.3 is 4.57 Å². The summed E-state index contributed by atoms with van der Waals surface area (Å²) in [4.78, 5) is 15.2. The van der Waals surface area contributed by atoms with Crippen LogP contribution in [-0.2, 0) is 0 Å². The van der Waals surface area contributed by atoms with Crippen molar-refractivity contribution in [2.45, 2.75) is 0 Å². The van der Waals surface area contributed by atoms with Gasteiger partial charge in [-0.3, -0.25) is 8.97 Å². The van der Waals surface area contributed by atoms with Crippen molar-refractivity contribution in [3.05, 3.63) is 158 Å². The average Bonchev–Trinajstić information content (AvgIpc) is 3.79. The Morgan fingerprint density at radius 2 is 0.936 bits per heavy atom. The molecule has 4 aromatic heterocycles. The molecule has 10 rings (SSSR count). The van der Waals surface area contributed by atoms with E-state index in [4.69, 9.17) is 15.0 Å². The molecule has 0 unspecified atom stereocenters. The smallest absolute Gasteiger partial charge is 0.240 e. The minimum absolute atomic E-state index is 0.574. The molecule has 10 aromatic rings. The standard InChI is InChI=1S/C41H26N6/c1-3-13-27(14-4-1)39-42-40(28-15-5-2-6-16-28)44-41(43-39)47-36-24-23-30(26-37(36)46-33-20-10-7-17-29(33)25-38(46)47)45-34-21-11-8-18-31(34)32-19-9-12-22-35(32)45/h1-26H. The first kappa shape index (κ1) is 25.8. The zero-order valence-electron chi connectivity index (χ0n) is 25.2. The molecule has 0 bridgehead atoms. The van der Waals surface area contributed by atoms with Crippen molar-refractivity contribution in [2.75, 3.05) is 0 Å². The van der Waals surface area contributed by atoms with Crippen LogP contribution in [0.4, 0.5) is 0 Å². The van der Waals surface area contributed by atoms with Crippen molar-refractivity contribution >= 4 is 49.4 Å². The average molecular weight is 603 g/mol. The first-order valence-electron chi connectivity index (χ1n) is 15.7. The Balaban J connectivity index is 1.30. The van der Waals surface area contributed by atoms with Crippen molar-refractivity contribution < 1.29 is 0 Å². The van der Waals surface area contributed by atoms with Crippen LogP contribution in [0.15, 0.2) is 158 Å². The van der Waals surface area contributed by atoms with Gasteiger partial charge in [0.2, 0.25) is 5.95 Å². The largest absolute Gasteiger partial charge is 0.309 e. The van der Waals surface area contributed by atoms with E-state index in [9.17, 15) is 0 Å². The predicted octanol–water partition coefficient (Wildman–Crippen LogP) is 9.65. The summed E-state index contributed by atoms with van der Waals surface area (Å²) < 4.78 is 6.87. The third-order valence-corrected chi connectivity index (χ3v) is 9.09. The molecule has 47 heavy (non-hydrogen) atoms. The summed E-state index contributed by atoms with van der Waals surface area (Å²) >= 11 is 0. The van der Waals surface area contributed by atoms with E-state index in [0.29, 0.717) is 17.6 Å². The lowest BCUT2D eigenvalue weighted by Gasteiger charge is -2.11. The summed E-state index contributed by atoms with van der Waals surface area (Å²) in [7, 11) is 0. The predicted molar refractivity (Wildman–Crippen MR) is 190 cm³/mol. The van der Waals surface area contributed by atoms with Gasteiger partial charge in [0.05, 0.1) is 27.6 Å². The Morgan fingerprint density at radius 1 is 0.383 bits per heavy atom. The molecule has 6 heteroatoms. The van der Waals surface area contributed by atoms with Gasteiger partial charge in [-0.25, -0.2) is 4.98 Å². The van der Waals surface area contributed by atoms with E-state index in [-0.39, 0.29) is 0 Å². The molecule has 0 N–H and O–H groups in total. The number of imidazole rings is 1. The highest BCUT2D eigenvalue weighted by Crippen LogP contribution is 2.36. The van der Waals surface area contributed by atoms with Crippen LogP contribution in [0.5, 0.6) is 0 Å². The molecule has 0 aliphatic rings. The zero-order chi connectivity index (χ0) is 30.9. The van der Waals surface area contributed by atoms with Crippen LogP contribution >= 0.6 is 0 Å². The Morgan fingerprint density at radius 3 is 1.57 bits per heavy atom. The van der Waals surface area contributed by atoms with E-state index in [1.54, 1.807) is 0 Å². The topological polar surface area (TPSA) is 52.9 Å².